The minimum Gasteiger partial charge on any atom is -0.326 e. The molecule has 0 aliphatic carbocycles. The van der Waals surface area contributed by atoms with E-state index in [1.807, 2.05) is 26.0 Å². The van der Waals surface area contributed by atoms with Gasteiger partial charge in [-0.1, -0.05) is 33.6 Å². The molecule has 1 amide bonds. The second-order valence-corrected chi connectivity index (χ2v) is 8.36. The molecule has 4 nitrogen and oxygen atoms in total. The third-order valence-electron chi connectivity index (χ3n) is 3.42. The Kier molecular flexibility index (Phi) is 5.59. The summed E-state index contributed by atoms with van der Waals surface area (Å²) >= 11 is 3.39. The zero-order valence-electron chi connectivity index (χ0n) is 13.0. The topological polar surface area (TPSA) is 63.2 Å². The molecule has 0 aliphatic heterocycles. The summed E-state index contributed by atoms with van der Waals surface area (Å²) in [4.78, 5) is 12.2. The molecule has 0 aromatic heterocycles. The van der Waals surface area contributed by atoms with Crippen molar-refractivity contribution in [2.24, 2.45) is 0 Å². The molecule has 2 aromatic carbocycles. The van der Waals surface area contributed by atoms with Gasteiger partial charge in [-0.15, -0.1) is 0 Å². The normalized spacial score (nSPS) is 11.3. The van der Waals surface area contributed by atoms with Gasteiger partial charge in [0.2, 0.25) is 5.91 Å². The molecule has 23 heavy (non-hydrogen) atoms. The van der Waals surface area contributed by atoms with Crippen molar-refractivity contribution in [2.75, 3.05) is 11.1 Å². The number of anilines is 1. The lowest BCUT2D eigenvalue weighted by Crippen LogP contribution is -2.17. The van der Waals surface area contributed by atoms with Crippen LogP contribution >= 0.6 is 15.9 Å². The van der Waals surface area contributed by atoms with E-state index in [0.717, 1.165) is 15.6 Å². The molecule has 2 rings (SSSR count). The van der Waals surface area contributed by atoms with Crippen LogP contribution in [0.1, 0.15) is 17.5 Å². The summed E-state index contributed by atoms with van der Waals surface area (Å²) < 4.78 is 25.4. The zero-order valence-corrected chi connectivity index (χ0v) is 15.4. The van der Waals surface area contributed by atoms with Gasteiger partial charge in [-0.2, -0.15) is 0 Å². The fourth-order valence-electron chi connectivity index (χ4n) is 2.04. The van der Waals surface area contributed by atoms with E-state index in [9.17, 15) is 13.2 Å². The first-order valence-corrected chi connectivity index (χ1v) is 9.58. The molecule has 122 valence electrons. The Morgan fingerprint density at radius 1 is 1.09 bits per heavy atom. The summed E-state index contributed by atoms with van der Waals surface area (Å²) in [6, 6.07) is 12.1. The van der Waals surface area contributed by atoms with Crippen molar-refractivity contribution in [3.8, 4) is 0 Å². The number of hydrogen-bond acceptors (Lipinski definition) is 3. The summed E-state index contributed by atoms with van der Waals surface area (Å²) in [5, 5.41) is 2.72. The first-order valence-electron chi connectivity index (χ1n) is 7.13. The van der Waals surface area contributed by atoms with Gasteiger partial charge in [0.1, 0.15) is 0 Å². The Labute approximate surface area is 145 Å². The van der Waals surface area contributed by atoms with Crippen LogP contribution in [0.3, 0.4) is 0 Å². The van der Waals surface area contributed by atoms with E-state index in [-0.39, 0.29) is 23.0 Å². The molecular weight excluding hydrogens is 378 g/mol. The minimum atomic E-state index is -3.45. The zero-order chi connectivity index (χ0) is 17.0. The van der Waals surface area contributed by atoms with E-state index >= 15 is 0 Å². The summed E-state index contributed by atoms with van der Waals surface area (Å²) in [5.74, 6) is -0.528. The molecule has 0 bridgehead atoms. The van der Waals surface area contributed by atoms with Crippen LogP contribution in [0, 0.1) is 13.8 Å². The van der Waals surface area contributed by atoms with Gasteiger partial charge < -0.3 is 5.32 Å². The van der Waals surface area contributed by atoms with E-state index in [1.165, 1.54) is 0 Å². The van der Waals surface area contributed by atoms with Crippen LogP contribution in [0.4, 0.5) is 5.69 Å². The van der Waals surface area contributed by atoms with Crippen molar-refractivity contribution in [1.29, 1.82) is 0 Å². The maximum atomic E-state index is 12.2. The Morgan fingerprint density at radius 3 is 2.35 bits per heavy atom. The summed E-state index contributed by atoms with van der Waals surface area (Å²) in [7, 11) is -3.45. The fraction of sp³-hybridized carbons (Fsp3) is 0.235. The van der Waals surface area contributed by atoms with E-state index in [4.69, 9.17) is 0 Å². The molecule has 1 N–H and O–H groups in total. The number of sulfone groups is 1. The van der Waals surface area contributed by atoms with Gasteiger partial charge in [-0.25, -0.2) is 8.42 Å². The number of carbonyl (C=O) groups is 1. The van der Waals surface area contributed by atoms with Crippen LogP contribution in [0.2, 0.25) is 0 Å². The van der Waals surface area contributed by atoms with Crippen molar-refractivity contribution in [3.63, 3.8) is 0 Å². The van der Waals surface area contributed by atoms with Gasteiger partial charge in [-0.05, 0) is 49.7 Å². The molecule has 0 radical (unpaired) electrons. The van der Waals surface area contributed by atoms with Crippen LogP contribution < -0.4 is 5.32 Å². The predicted molar refractivity (Wildman–Crippen MR) is 95.4 cm³/mol. The molecule has 2 aromatic rings. The number of benzene rings is 2. The van der Waals surface area contributed by atoms with E-state index in [2.05, 4.69) is 21.2 Å². The van der Waals surface area contributed by atoms with E-state index < -0.39 is 9.84 Å². The van der Waals surface area contributed by atoms with Gasteiger partial charge in [-0.3, -0.25) is 4.79 Å². The highest BCUT2D eigenvalue weighted by atomic mass is 79.9. The Bertz CT molecular complexity index is 814. The lowest BCUT2D eigenvalue weighted by atomic mass is 10.2. The number of carbonyl (C=O) groups excluding carboxylic acids is 1. The standard InChI is InChI=1S/C17H18BrNO3S/c1-12-3-6-15(7-4-12)23(21,22)10-9-17(20)19-14-5-8-16(18)13(2)11-14/h3-8,11H,9-10H2,1-2H3,(H,19,20). The first kappa shape index (κ1) is 17.7. The molecular formula is C17H18BrNO3S. The summed E-state index contributed by atoms with van der Waals surface area (Å²) in [6.45, 7) is 3.81. The van der Waals surface area contributed by atoms with Crippen LogP contribution in [0.15, 0.2) is 51.8 Å². The predicted octanol–water partition coefficient (Wildman–Crippen LogP) is 3.87. The van der Waals surface area contributed by atoms with Gasteiger partial charge in [0.25, 0.3) is 0 Å². The minimum absolute atomic E-state index is 0.0781. The number of amides is 1. The first-order chi connectivity index (χ1) is 10.8. The van der Waals surface area contributed by atoms with Gasteiger partial charge in [0, 0.05) is 16.6 Å². The smallest absolute Gasteiger partial charge is 0.225 e. The second-order valence-electron chi connectivity index (χ2n) is 5.39. The third-order valence-corrected chi connectivity index (χ3v) is 6.04. The van der Waals surface area contributed by atoms with Crippen LogP contribution in [-0.2, 0) is 14.6 Å². The molecule has 0 saturated carbocycles. The monoisotopic (exact) mass is 395 g/mol. The van der Waals surface area contributed by atoms with Crippen molar-refractivity contribution in [1.82, 2.24) is 0 Å². The van der Waals surface area contributed by atoms with Crippen molar-refractivity contribution in [3.05, 3.63) is 58.1 Å². The SMILES string of the molecule is Cc1ccc(S(=O)(=O)CCC(=O)Nc2ccc(Br)c(C)c2)cc1. The Balaban J connectivity index is 1.98. The maximum absolute atomic E-state index is 12.2. The molecule has 0 atom stereocenters. The second kappa shape index (κ2) is 7.27. The average molecular weight is 396 g/mol. The Morgan fingerprint density at radius 2 is 1.74 bits per heavy atom. The molecule has 0 unspecified atom stereocenters. The van der Waals surface area contributed by atoms with Crippen LogP contribution in [0.25, 0.3) is 0 Å². The van der Waals surface area contributed by atoms with Gasteiger partial charge >= 0.3 is 0 Å². The van der Waals surface area contributed by atoms with Gasteiger partial charge in [0.15, 0.2) is 9.84 Å². The number of halogens is 1. The molecule has 0 saturated heterocycles. The largest absolute Gasteiger partial charge is 0.326 e. The van der Waals surface area contributed by atoms with Crippen LogP contribution in [0.5, 0.6) is 0 Å². The number of hydrogen-bond donors (Lipinski definition) is 1. The van der Waals surface area contributed by atoms with E-state index in [1.54, 1.807) is 30.3 Å². The summed E-state index contributed by atoms with van der Waals surface area (Å²) in [6.07, 6.45) is -0.0781. The quantitative estimate of drug-likeness (QED) is 0.835. The highest BCUT2D eigenvalue weighted by Gasteiger charge is 2.16. The average Bonchev–Trinajstić information content (AvgIpc) is 2.50. The van der Waals surface area contributed by atoms with E-state index in [0.29, 0.717) is 5.69 Å². The van der Waals surface area contributed by atoms with Crippen molar-refractivity contribution < 1.29 is 13.2 Å². The molecule has 0 spiro atoms. The van der Waals surface area contributed by atoms with Crippen molar-refractivity contribution >= 4 is 37.4 Å². The Hall–Kier alpha value is -1.66. The molecule has 0 fully saturated rings. The lowest BCUT2D eigenvalue weighted by Gasteiger charge is -2.08. The number of aryl methyl sites for hydroxylation is 2. The molecule has 0 aliphatic rings. The highest BCUT2D eigenvalue weighted by Crippen LogP contribution is 2.20. The number of rotatable bonds is 5. The lowest BCUT2D eigenvalue weighted by molar-refractivity contribution is -0.115. The fourth-order valence-corrected chi connectivity index (χ4v) is 3.52. The third kappa shape index (κ3) is 4.91. The molecule has 0 heterocycles. The van der Waals surface area contributed by atoms with Crippen molar-refractivity contribution in [2.45, 2.75) is 25.2 Å². The molecule has 6 heteroatoms. The van der Waals surface area contributed by atoms with Crippen LogP contribution in [-0.4, -0.2) is 20.1 Å². The maximum Gasteiger partial charge on any atom is 0.225 e. The van der Waals surface area contributed by atoms with Gasteiger partial charge in [0.05, 0.1) is 10.6 Å². The number of nitrogens with one attached hydrogen (secondary N) is 1. The summed E-state index contributed by atoms with van der Waals surface area (Å²) in [5.41, 5.74) is 2.64. The highest BCUT2D eigenvalue weighted by molar-refractivity contribution is 9.10.